The molecule has 1 unspecified atom stereocenters. The van der Waals surface area contributed by atoms with Crippen molar-refractivity contribution >= 4 is 23.3 Å². The zero-order valence-electron chi connectivity index (χ0n) is 15.0. The van der Waals surface area contributed by atoms with Crippen molar-refractivity contribution in [3.8, 4) is 11.1 Å². The summed E-state index contributed by atoms with van der Waals surface area (Å²) in [6.07, 6.45) is 0.991. The van der Waals surface area contributed by atoms with E-state index in [1.54, 1.807) is 12.1 Å². The first-order valence-corrected chi connectivity index (χ1v) is 9.40. The maximum atomic E-state index is 11.1. The van der Waals surface area contributed by atoms with E-state index in [-0.39, 0.29) is 5.56 Å². The maximum absolute atomic E-state index is 11.1. The van der Waals surface area contributed by atoms with E-state index in [1.165, 1.54) is 22.9 Å². The lowest BCUT2D eigenvalue weighted by Crippen LogP contribution is -2.24. The molecule has 0 amide bonds. The van der Waals surface area contributed by atoms with E-state index >= 15 is 0 Å². The molecule has 1 aliphatic heterocycles. The van der Waals surface area contributed by atoms with Gasteiger partial charge in [0.15, 0.2) is 0 Å². The van der Waals surface area contributed by atoms with Crippen LogP contribution in [0, 0.1) is 0 Å². The molecule has 0 saturated carbocycles. The molecule has 27 heavy (non-hydrogen) atoms. The van der Waals surface area contributed by atoms with E-state index in [0.717, 1.165) is 24.1 Å². The van der Waals surface area contributed by atoms with Crippen LogP contribution in [0.5, 0.6) is 0 Å². The summed E-state index contributed by atoms with van der Waals surface area (Å²) in [5, 5.41) is 9.57. The smallest absolute Gasteiger partial charge is 0.335 e. The van der Waals surface area contributed by atoms with E-state index in [9.17, 15) is 4.79 Å². The SMILES string of the molecule is CC(c1ccccc1)N1CCc2cc(-c3ccc(C(=O)O)cc3Cl)ccc21. The highest BCUT2D eigenvalue weighted by Gasteiger charge is 2.24. The van der Waals surface area contributed by atoms with Crippen LogP contribution in [0.3, 0.4) is 0 Å². The molecule has 0 radical (unpaired) electrons. The van der Waals surface area contributed by atoms with Gasteiger partial charge in [0.25, 0.3) is 0 Å². The van der Waals surface area contributed by atoms with Crippen LogP contribution in [0.15, 0.2) is 66.7 Å². The largest absolute Gasteiger partial charge is 0.478 e. The van der Waals surface area contributed by atoms with E-state index < -0.39 is 5.97 Å². The van der Waals surface area contributed by atoms with Crippen LogP contribution in [0.1, 0.15) is 34.5 Å². The molecule has 0 fully saturated rings. The summed E-state index contributed by atoms with van der Waals surface area (Å²) in [6, 6.07) is 22.1. The number of benzene rings is 3. The number of hydrogen-bond donors (Lipinski definition) is 1. The van der Waals surface area contributed by atoms with Gasteiger partial charge < -0.3 is 10.0 Å². The number of anilines is 1. The number of hydrogen-bond acceptors (Lipinski definition) is 2. The van der Waals surface area contributed by atoms with Gasteiger partial charge in [-0.05, 0) is 54.3 Å². The molecule has 1 heterocycles. The molecule has 3 aromatic rings. The van der Waals surface area contributed by atoms with Crippen molar-refractivity contribution < 1.29 is 9.90 Å². The summed E-state index contributed by atoms with van der Waals surface area (Å²) >= 11 is 6.34. The highest BCUT2D eigenvalue weighted by atomic mass is 35.5. The minimum atomic E-state index is -0.969. The summed E-state index contributed by atoms with van der Waals surface area (Å²) in [4.78, 5) is 13.5. The number of halogens is 1. The normalized spacial score (nSPS) is 14.1. The van der Waals surface area contributed by atoms with Gasteiger partial charge in [-0.1, -0.05) is 54.1 Å². The predicted molar refractivity (Wildman–Crippen MR) is 110 cm³/mol. The number of aromatic carboxylic acids is 1. The van der Waals surface area contributed by atoms with Crippen molar-refractivity contribution in [3.63, 3.8) is 0 Å². The Morgan fingerprint density at radius 2 is 1.85 bits per heavy atom. The topological polar surface area (TPSA) is 40.5 Å². The van der Waals surface area contributed by atoms with Crippen molar-refractivity contribution in [1.29, 1.82) is 0 Å². The lowest BCUT2D eigenvalue weighted by Gasteiger charge is -2.28. The Morgan fingerprint density at radius 3 is 2.56 bits per heavy atom. The van der Waals surface area contributed by atoms with Gasteiger partial charge in [0, 0.05) is 22.8 Å². The fourth-order valence-electron chi connectivity index (χ4n) is 3.79. The van der Waals surface area contributed by atoms with Gasteiger partial charge >= 0.3 is 5.97 Å². The standard InChI is InChI=1S/C23H20ClNO2/c1-15(16-5-3-2-4-6-16)25-12-11-18-13-17(8-10-22(18)25)20-9-7-19(23(26)27)14-21(20)24/h2-10,13-15H,11-12H2,1H3,(H,26,27). The Labute approximate surface area is 163 Å². The minimum absolute atomic E-state index is 0.202. The third kappa shape index (κ3) is 3.31. The van der Waals surface area contributed by atoms with Crippen LogP contribution in [0.25, 0.3) is 11.1 Å². The quantitative estimate of drug-likeness (QED) is 0.621. The molecule has 4 heteroatoms. The molecule has 136 valence electrons. The highest BCUT2D eigenvalue weighted by Crippen LogP contribution is 2.38. The first-order chi connectivity index (χ1) is 13.0. The van der Waals surface area contributed by atoms with Crippen molar-refractivity contribution in [2.24, 2.45) is 0 Å². The van der Waals surface area contributed by atoms with E-state index in [4.69, 9.17) is 16.7 Å². The first-order valence-electron chi connectivity index (χ1n) is 9.02. The Morgan fingerprint density at radius 1 is 1.07 bits per heavy atom. The maximum Gasteiger partial charge on any atom is 0.335 e. The number of fused-ring (bicyclic) bond motifs is 1. The molecule has 0 saturated heterocycles. The molecule has 1 atom stereocenters. The van der Waals surface area contributed by atoms with Gasteiger partial charge in [-0.3, -0.25) is 0 Å². The van der Waals surface area contributed by atoms with E-state index in [1.807, 2.05) is 6.07 Å². The minimum Gasteiger partial charge on any atom is -0.478 e. The summed E-state index contributed by atoms with van der Waals surface area (Å²) in [6.45, 7) is 3.22. The van der Waals surface area contributed by atoms with Crippen molar-refractivity contribution in [1.82, 2.24) is 0 Å². The Bertz CT molecular complexity index is 1000. The average molecular weight is 378 g/mol. The molecule has 3 nitrogen and oxygen atoms in total. The monoisotopic (exact) mass is 377 g/mol. The summed E-state index contributed by atoms with van der Waals surface area (Å²) in [5.41, 5.74) is 5.94. The second kappa shape index (κ2) is 7.09. The zero-order valence-corrected chi connectivity index (χ0v) is 15.8. The number of rotatable bonds is 4. The van der Waals surface area contributed by atoms with Crippen LogP contribution in [0.2, 0.25) is 5.02 Å². The fraction of sp³-hybridized carbons (Fsp3) is 0.174. The summed E-state index contributed by atoms with van der Waals surface area (Å²) in [5.74, 6) is -0.969. The van der Waals surface area contributed by atoms with Crippen LogP contribution in [-0.2, 0) is 6.42 Å². The van der Waals surface area contributed by atoms with Crippen molar-refractivity contribution in [2.75, 3.05) is 11.4 Å². The van der Waals surface area contributed by atoms with Gasteiger partial charge in [0.05, 0.1) is 11.6 Å². The van der Waals surface area contributed by atoms with E-state index in [2.05, 4.69) is 54.3 Å². The van der Waals surface area contributed by atoms with Crippen molar-refractivity contribution in [3.05, 3.63) is 88.4 Å². The molecule has 4 rings (SSSR count). The second-order valence-electron chi connectivity index (χ2n) is 6.87. The lowest BCUT2D eigenvalue weighted by molar-refractivity contribution is 0.0697. The summed E-state index contributed by atoms with van der Waals surface area (Å²) < 4.78 is 0. The Hall–Kier alpha value is -2.78. The predicted octanol–water partition coefficient (Wildman–Crippen LogP) is 5.83. The lowest BCUT2D eigenvalue weighted by atomic mass is 10.00. The van der Waals surface area contributed by atoms with Crippen LogP contribution >= 0.6 is 11.6 Å². The Balaban J connectivity index is 1.65. The molecular formula is C23H20ClNO2. The van der Waals surface area contributed by atoms with E-state index in [0.29, 0.717) is 11.1 Å². The van der Waals surface area contributed by atoms with Gasteiger partial charge in [-0.15, -0.1) is 0 Å². The Kier molecular flexibility index (Phi) is 4.63. The van der Waals surface area contributed by atoms with Gasteiger partial charge in [-0.2, -0.15) is 0 Å². The molecule has 0 aliphatic carbocycles. The molecule has 1 aliphatic rings. The van der Waals surface area contributed by atoms with Gasteiger partial charge in [0.1, 0.15) is 0 Å². The third-order valence-corrected chi connectivity index (χ3v) is 5.60. The second-order valence-corrected chi connectivity index (χ2v) is 7.28. The number of carboxylic acids is 1. The van der Waals surface area contributed by atoms with Gasteiger partial charge in [0.2, 0.25) is 0 Å². The molecule has 1 N–H and O–H groups in total. The number of carbonyl (C=O) groups is 1. The third-order valence-electron chi connectivity index (χ3n) is 5.29. The van der Waals surface area contributed by atoms with Gasteiger partial charge in [-0.25, -0.2) is 4.79 Å². The molecule has 0 aromatic heterocycles. The van der Waals surface area contributed by atoms with Crippen molar-refractivity contribution in [2.45, 2.75) is 19.4 Å². The molecule has 0 bridgehead atoms. The molecule has 0 spiro atoms. The highest BCUT2D eigenvalue weighted by molar-refractivity contribution is 6.33. The fourth-order valence-corrected chi connectivity index (χ4v) is 4.08. The number of nitrogens with zero attached hydrogens (tertiary/aromatic N) is 1. The molecule has 3 aromatic carbocycles. The number of carboxylic acid groups (broad SMARTS) is 1. The zero-order chi connectivity index (χ0) is 19.0. The molecular weight excluding hydrogens is 358 g/mol. The van der Waals surface area contributed by atoms with Crippen LogP contribution < -0.4 is 4.90 Å². The first kappa shape index (κ1) is 17.6. The van der Waals surface area contributed by atoms with Crippen LogP contribution in [-0.4, -0.2) is 17.6 Å². The average Bonchev–Trinajstić information content (AvgIpc) is 3.11. The summed E-state index contributed by atoms with van der Waals surface area (Å²) in [7, 11) is 0. The van der Waals surface area contributed by atoms with Crippen LogP contribution in [0.4, 0.5) is 5.69 Å².